The molecular weight excluding hydrogens is 272 g/mol. The quantitative estimate of drug-likeness (QED) is 0.594. The van der Waals surface area contributed by atoms with Crippen molar-refractivity contribution in [2.24, 2.45) is 0 Å². The molecule has 0 aliphatic heterocycles. The lowest BCUT2D eigenvalue weighted by Gasteiger charge is -2.38. The van der Waals surface area contributed by atoms with Crippen LogP contribution in [0.25, 0.3) is 0 Å². The van der Waals surface area contributed by atoms with E-state index in [0.717, 1.165) is 12.8 Å². The highest BCUT2D eigenvalue weighted by Gasteiger charge is 2.37. The van der Waals surface area contributed by atoms with Crippen LogP contribution in [0.5, 0.6) is 0 Å². The molecule has 1 aliphatic rings. The van der Waals surface area contributed by atoms with Crippen LogP contribution in [-0.4, -0.2) is 10.5 Å². The fourth-order valence-electron chi connectivity index (χ4n) is 3.22. The van der Waals surface area contributed by atoms with Crippen molar-refractivity contribution in [3.8, 4) is 0 Å². The third kappa shape index (κ3) is 2.61. The Bertz CT molecular complexity index is 564. The van der Waals surface area contributed by atoms with Crippen molar-refractivity contribution in [1.82, 2.24) is 0 Å². The van der Waals surface area contributed by atoms with Crippen molar-refractivity contribution in [2.45, 2.75) is 31.3 Å². The number of hydrogen-bond donors (Lipinski definition) is 0. The molecule has 0 atom stereocenters. The lowest BCUT2D eigenvalue weighted by Crippen LogP contribution is -2.33. The topological polar surface area (TPSA) is 9.23 Å². The third-order valence-corrected chi connectivity index (χ3v) is 4.56. The van der Waals surface area contributed by atoms with Crippen molar-refractivity contribution >= 4 is 10.5 Å². The highest BCUT2D eigenvalue weighted by Crippen LogP contribution is 2.43. The lowest BCUT2D eigenvalue weighted by atomic mass is 9.76. The van der Waals surface area contributed by atoms with Crippen LogP contribution in [0.3, 0.4) is 0 Å². The maximum Gasteiger partial charge on any atom is 0.248 e. The van der Waals surface area contributed by atoms with Gasteiger partial charge in [0.05, 0.1) is 0 Å². The minimum Gasteiger partial charge on any atom is -0.402 e. The Morgan fingerprint density at radius 2 is 1.38 bits per heavy atom. The first-order valence-electron chi connectivity index (χ1n) is 7.53. The number of rotatable bonds is 4. The van der Waals surface area contributed by atoms with Gasteiger partial charge in [-0.15, -0.1) is 0 Å². The smallest absolute Gasteiger partial charge is 0.248 e. The summed E-state index contributed by atoms with van der Waals surface area (Å²) in [5, 5.41) is 0. The fourth-order valence-corrected chi connectivity index (χ4v) is 3.59. The van der Waals surface area contributed by atoms with E-state index in [4.69, 9.17) is 4.43 Å². The summed E-state index contributed by atoms with van der Waals surface area (Å²) in [4.78, 5) is 0. The molecule has 105 valence electrons. The van der Waals surface area contributed by atoms with Gasteiger partial charge in [0.25, 0.3) is 0 Å². The Morgan fingerprint density at radius 3 is 1.81 bits per heavy atom. The van der Waals surface area contributed by atoms with Gasteiger partial charge in [0.15, 0.2) is 0 Å². The van der Waals surface area contributed by atoms with Crippen LogP contribution in [0.2, 0.25) is 0 Å². The molecule has 0 saturated carbocycles. The van der Waals surface area contributed by atoms with Crippen LogP contribution in [0.15, 0.2) is 72.3 Å². The Morgan fingerprint density at radius 1 is 0.810 bits per heavy atom. The molecular formula is C19H19OSi. The van der Waals surface area contributed by atoms with Gasteiger partial charge in [0.2, 0.25) is 10.5 Å². The van der Waals surface area contributed by atoms with Crippen molar-refractivity contribution in [3.05, 3.63) is 83.4 Å². The lowest BCUT2D eigenvalue weighted by molar-refractivity contribution is 0.160. The fraction of sp³-hybridized carbons (Fsp3) is 0.263. The Labute approximate surface area is 130 Å². The van der Waals surface area contributed by atoms with Crippen molar-refractivity contribution < 1.29 is 4.43 Å². The molecule has 2 aromatic carbocycles. The minimum atomic E-state index is -0.528. The second kappa shape index (κ2) is 6.42. The molecule has 0 aromatic heterocycles. The van der Waals surface area contributed by atoms with Crippen LogP contribution in [0.4, 0.5) is 0 Å². The summed E-state index contributed by atoms with van der Waals surface area (Å²) < 4.78 is 5.99. The molecule has 0 amide bonds. The third-order valence-electron chi connectivity index (χ3n) is 4.26. The Kier molecular flexibility index (Phi) is 4.37. The first-order valence-corrected chi connectivity index (χ1v) is 7.94. The molecule has 2 heteroatoms. The number of hydrogen-bond acceptors (Lipinski definition) is 1. The summed E-state index contributed by atoms with van der Waals surface area (Å²) in [5.41, 5.74) is 3.15. The van der Waals surface area contributed by atoms with Gasteiger partial charge in [-0.2, -0.15) is 0 Å². The minimum absolute atomic E-state index is 0.528. The molecule has 3 radical (unpaired) electrons. The van der Waals surface area contributed by atoms with E-state index in [9.17, 15) is 0 Å². The van der Waals surface area contributed by atoms with Crippen LogP contribution < -0.4 is 0 Å². The first kappa shape index (κ1) is 14.3. The van der Waals surface area contributed by atoms with Gasteiger partial charge >= 0.3 is 0 Å². The van der Waals surface area contributed by atoms with Gasteiger partial charge in [-0.3, -0.25) is 0 Å². The Balaban J connectivity index is 2.20. The number of allylic oxidation sites excluding steroid dienone is 1. The van der Waals surface area contributed by atoms with Crippen LogP contribution in [0.1, 0.15) is 36.8 Å². The summed E-state index contributed by atoms with van der Waals surface area (Å²) in [6.07, 6.45) is 7.05. The molecule has 0 saturated heterocycles. The summed E-state index contributed by atoms with van der Waals surface area (Å²) in [7, 11) is 3.40. The van der Waals surface area contributed by atoms with Crippen molar-refractivity contribution in [2.75, 3.05) is 0 Å². The largest absolute Gasteiger partial charge is 0.402 e. The predicted octanol–water partition coefficient (Wildman–Crippen LogP) is 4.53. The SMILES string of the molecule is [Si]OC(C1=CCCCC1)(c1ccccc1)c1ccccc1. The Hall–Kier alpha value is -1.64. The van der Waals surface area contributed by atoms with Crippen molar-refractivity contribution in [1.29, 1.82) is 0 Å². The normalized spacial score (nSPS) is 15.6. The molecule has 0 unspecified atom stereocenters. The maximum atomic E-state index is 5.99. The average Bonchev–Trinajstić information content (AvgIpc) is 2.59. The molecule has 3 rings (SSSR count). The highest BCUT2D eigenvalue weighted by atomic mass is 28.2. The van der Waals surface area contributed by atoms with Gasteiger partial charge in [-0.25, -0.2) is 0 Å². The molecule has 0 bridgehead atoms. The van der Waals surface area contributed by atoms with Crippen molar-refractivity contribution in [3.63, 3.8) is 0 Å². The van der Waals surface area contributed by atoms with E-state index in [0.29, 0.717) is 0 Å². The van der Waals surface area contributed by atoms with Crippen LogP contribution in [-0.2, 0) is 10.0 Å². The van der Waals surface area contributed by atoms with E-state index in [1.54, 1.807) is 0 Å². The second-order valence-electron chi connectivity index (χ2n) is 5.49. The van der Waals surface area contributed by atoms with Gasteiger partial charge in [0, 0.05) is 0 Å². The summed E-state index contributed by atoms with van der Waals surface area (Å²) in [6.45, 7) is 0. The summed E-state index contributed by atoms with van der Waals surface area (Å²) >= 11 is 0. The van der Waals surface area contributed by atoms with Gasteiger partial charge < -0.3 is 4.43 Å². The zero-order valence-corrected chi connectivity index (χ0v) is 13.1. The molecule has 1 nitrogen and oxygen atoms in total. The van der Waals surface area contributed by atoms with E-state index in [1.165, 1.54) is 29.5 Å². The zero-order chi connectivity index (χ0) is 14.5. The van der Waals surface area contributed by atoms with Gasteiger partial charge in [0.1, 0.15) is 5.60 Å². The molecule has 0 N–H and O–H groups in total. The van der Waals surface area contributed by atoms with Crippen LogP contribution >= 0.6 is 0 Å². The van der Waals surface area contributed by atoms with E-state index >= 15 is 0 Å². The second-order valence-corrected chi connectivity index (χ2v) is 5.69. The van der Waals surface area contributed by atoms with Gasteiger partial charge in [-0.05, 0) is 42.4 Å². The first-order chi connectivity index (χ1) is 10.4. The van der Waals surface area contributed by atoms with E-state index in [-0.39, 0.29) is 0 Å². The standard InChI is InChI=1S/C19H19OSi/c21-20-19(16-10-4-1-5-11-16,17-12-6-2-7-13-17)18-14-8-3-9-15-18/h1-2,4-7,10-14H,3,8-9,15H2. The maximum absolute atomic E-state index is 5.99. The van der Waals surface area contributed by atoms with Crippen LogP contribution in [0, 0.1) is 0 Å². The summed E-state index contributed by atoms with van der Waals surface area (Å²) in [6, 6.07) is 20.9. The molecule has 0 heterocycles. The van der Waals surface area contributed by atoms with E-state index < -0.39 is 5.60 Å². The summed E-state index contributed by atoms with van der Waals surface area (Å²) in [5.74, 6) is 0. The number of benzene rings is 2. The molecule has 21 heavy (non-hydrogen) atoms. The zero-order valence-electron chi connectivity index (χ0n) is 12.1. The van der Waals surface area contributed by atoms with Gasteiger partial charge in [-0.1, -0.05) is 66.7 Å². The van der Waals surface area contributed by atoms with E-state index in [1.807, 2.05) is 12.1 Å². The highest BCUT2D eigenvalue weighted by molar-refractivity contribution is 5.99. The molecule has 2 aromatic rings. The van der Waals surface area contributed by atoms with E-state index in [2.05, 4.69) is 65.1 Å². The monoisotopic (exact) mass is 291 g/mol. The molecule has 0 spiro atoms. The molecule has 0 fully saturated rings. The molecule has 1 aliphatic carbocycles. The predicted molar refractivity (Wildman–Crippen MR) is 87.1 cm³/mol. The average molecular weight is 291 g/mol.